The van der Waals surface area contributed by atoms with Crippen molar-refractivity contribution in [3.8, 4) is 0 Å². The summed E-state index contributed by atoms with van der Waals surface area (Å²) in [5.74, 6) is 0.0486. The van der Waals surface area contributed by atoms with Crippen molar-refractivity contribution in [2.45, 2.75) is 30.8 Å². The largest absolute Gasteiger partial charge is 0.379 e. The summed E-state index contributed by atoms with van der Waals surface area (Å²) in [6.45, 7) is 0.990. The maximum absolute atomic E-state index is 11.9. The van der Waals surface area contributed by atoms with E-state index in [0.717, 1.165) is 12.8 Å². The molecule has 1 unspecified atom stereocenters. The number of hydrogen-bond acceptors (Lipinski definition) is 3. The van der Waals surface area contributed by atoms with Crippen molar-refractivity contribution in [3.63, 3.8) is 0 Å². The van der Waals surface area contributed by atoms with Crippen molar-refractivity contribution in [1.82, 2.24) is 4.90 Å². The number of carbonyl (C=O) groups is 1. The van der Waals surface area contributed by atoms with Crippen LogP contribution in [0.4, 0.5) is 0 Å². The minimum atomic E-state index is -0.739. The molecule has 4 nitrogen and oxygen atoms in total. The standard InChI is InChI=1S/C9H16N2O2/c1-11(7-2-3-7)8(12)9(10)4-5-13-6-9/h7H,2-6,10H2,1H3. The van der Waals surface area contributed by atoms with Gasteiger partial charge in [0.15, 0.2) is 0 Å². The Kier molecular flexibility index (Phi) is 2.04. The molecule has 2 rings (SSSR count). The Hall–Kier alpha value is -0.610. The van der Waals surface area contributed by atoms with E-state index in [0.29, 0.717) is 25.7 Å². The second kappa shape index (κ2) is 2.96. The van der Waals surface area contributed by atoms with Crippen LogP contribution in [0.1, 0.15) is 19.3 Å². The lowest BCUT2D eigenvalue weighted by Crippen LogP contribution is -2.55. The number of rotatable bonds is 2. The molecule has 0 aromatic rings. The van der Waals surface area contributed by atoms with Gasteiger partial charge in [-0.05, 0) is 19.3 Å². The molecule has 0 aromatic heterocycles. The first-order valence-electron chi connectivity index (χ1n) is 4.77. The monoisotopic (exact) mass is 184 g/mol. The molecule has 0 spiro atoms. The summed E-state index contributed by atoms with van der Waals surface area (Å²) in [7, 11) is 1.84. The highest BCUT2D eigenvalue weighted by Crippen LogP contribution is 2.28. The van der Waals surface area contributed by atoms with Gasteiger partial charge in [0.2, 0.25) is 5.91 Å². The van der Waals surface area contributed by atoms with Gasteiger partial charge in [-0.25, -0.2) is 0 Å². The second-order valence-electron chi connectivity index (χ2n) is 4.11. The van der Waals surface area contributed by atoms with E-state index in [2.05, 4.69) is 0 Å². The van der Waals surface area contributed by atoms with Crippen LogP contribution in [0.5, 0.6) is 0 Å². The van der Waals surface area contributed by atoms with Crippen molar-refractivity contribution in [2.24, 2.45) is 5.73 Å². The van der Waals surface area contributed by atoms with E-state index >= 15 is 0 Å². The molecular weight excluding hydrogens is 168 g/mol. The Morgan fingerprint density at radius 3 is 2.77 bits per heavy atom. The summed E-state index contributed by atoms with van der Waals surface area (Å²) in [6, 6.07) is 0.438. The van der Waals surface area contributed by atoms with E-state index in [9.17, 15) is 4.79 Å². The van der Waals surface area contributed by atoms with E-state index in [1.54, 1.807) is 4.90 Å². The zero-order valence-corrected chi connectivity index (χ0v) is 7.95. The molecule has 0 aromatic carbocycles. The topological polar surface area (TPSA) is 55.6 Å². The molecule has 2 aliphatic rings. The summed E-state index contributed by atoms with van der Waals surface area (Å²) in [6.07, 6.45) is 2.90. The predicted molar refractivity (Wildman–Crippen MR) is 48.1 cm³/mol. The number of amides is 1. The van der Waals surface area contributed by atoms with Crippen molar-refractivity contribution in [1.29, 1.82) is 0 Å². The molecule has 2 fully saturated rings. The maximum atomic E-state index is 11.9. The van der Waals surface area contributed by atoms with Crippen molar-refractivity contribution in [3.05, 3.63) is 0 Å². The molecule has 13 heavy (non-hydrogen) atoms. The van der Waals surface area contributed by atoms with Gasteiger partial charge in [0.1, 0.15) is 5.54 Å². The lowest BCUT2D eigenvalue weighted by atomic mass is 9.98. The number of hydrogen-bond donors (Lipinski definition) is 1. The molecule has 0 radical (unpaired) electrons. The van der Waals surface area contributed by atoms with E-state index < -0.39 is 5.54 Å². The number of nitrogens with zero attached hydrogens (tertiary/aromatic N) is 1. The van der Waals surface area contributed by atoms with Gasteiger partial charge >= 0.3 is 0 Å². The molecule has 0 bridgehead atoms. The average molecular weight is 184 g/mol. The van der Waals surface area contributed by atoms with Crippen molar-refractivity contribution >= 4 is 5.91 Å². The van der Waals surface area contributed by atoms with Gasteiger partial charge in [0.05, 0.1) is 6.61 Å². The second-order valence-corrected chi connectivity index (χ2v) is 4.11. The van der Waals surface area contributed by atoms with Gasteiger partial charge in [0.25, 0.3) is 0 Å². The fourth-order valence-electron chi connectivity index (χ4n) is 1.73. The van der Waals surface area contributed by atoms with E-state index in [1.165, 1.54) is 0 Å². The highest BCUT2D eigenvalue weighted by molar-refractivity contribution is 5.86. The van der Waals surface area contributed by atoms with Crippen LogP contribution in [0.3, 0.4) is 0 Å². The van der Waals surface area contributed by atoms with Gasteiger partial charge in [-0.15, -0.1) is 0 Å². The predicted octanol–water partition coefficient (Wildman–Crippen LogP) is -0.275. The van der Waals surface area contributed by atoms with Crippen LogP contribution in [-0.4, -0.2) is 42.6 Å². The molecule has 1 saturated carbocycles. The minimum absolute atomic E-state index is 0.0486. The highest BCUT2D eigenvalue weighted by atomic mass is 16.5. The average Bonchev–Trinajstić information content (AvgIpc) is 2.88. The third kappa shape index (κ3) is 1.56. The number of nitrogens with two attached hydrogens (primary N) is 1. The molecule has 2 N–H and O–H groups in total. The summed E-state index contributed by atoms with van der Waals surface area (Å²) in [5, 5.41) is 0. The molecule has 1 aliphatic heterocycles. The SMILES string of the molecule is CN(C(=O)C1(N)CCOC1)C1CC1. The Morgan fingerprint density at radius 2 is 2.31 bits per heavy atom. The molecule has 4 heteroatoms. The molecule has 1 aliphatic carbocycles. The maximum Gasteiger partial charge on any atom is 0.245 e. The Balaban J connectivity index is 2.01. The first kappa shape index (κ1) is 8.97. The lowest BCUT2D eigenvalue weighted by molar-refractivity contribution is -0.136. The molecule has 1 heterocycles. The Bertz CT molecular complexity index is 220. The van der Waals surface area contributed by atoms with Crippen LogP contribution >= 0.6 is 0 Å². The highest BCUT2D eigenvalue weighted by Gasteiger charge is 2.43. The Morgan fingerprint density at radius 1 is 1.62 bits per heavy atom. The van der Waals surface area contributed by atoms with E-state index in [1.807, 2.05) is 7.05 Å². The minimum Gasteiger partial charge on any atom is -0.379 e. The van der Waals surface area contributed by atoms with Crippen LogP contribution in [0.15, 0.2) is 0 Å². The van der Waals surface area contributed by atoms with Gasteiger partial charge < -0.3 is 15.4 Å². The van der Waals surface area contributed by atoms with Crippen molar-refractivity contribution in [2.75, 3.05) is 20.3 Å². The summed E-state index contributed by atoms with van der Waals surface area (Å²) >= 11 is 0. The lowest BCUT2D eigenvalue weighted by Gasteiger charge is -2.27. The first-order chi connectivity index (χ1) is 6.13. The third-order valence-electron chi connectivity index (χ3n) is 2.89. The van der Waals surface area contributed by atoms with Gasteiger partial charge in [-0.3, -0.25) is 4.79 Å². The van der Waals surface area contributed by atoms with Gasteiger partial charge in [0, 0.05) is 19.7 Å². The van der Waals surface area contributed by atoms with Crippen LogP contribution in [-0.2, 0) is 9.53 Å². The molecule has 74 valence electrons. The third-order valence-corrected chi connectivity index (χ3v) is 2.89. The quantitative estimate of drug-likeness (QED) is 0.642. The number of likely N-dealkylation sites (N-methyl/N-ethyl adjacent to an activating group) is 1. The van der Waals surface area contributed by atoms with Crippen molar-refractivity contribution < 1.29 is 9.53 Å². The van der Waals surface area contributed by atoms with Gasteiger partial charge in [-0.2, -0.15) is 0 Å². The van der Waals surface area contributed by atoms with E-state index in [4.69, 9.17) is 10.5 Å². The molecule has 1 atom stereocenters. The first-order valence-corrected chi connectivity index (χ1v) is 4.77. The van der Waals surface area contributed by atoms with Crippen LogP contribution < -0.4 is 5.73 Å². The number of ether oxygens (including phenoxy) is 1. The zero-order valence-electron chi connectivity index (χ0n) is 7.95. The fourth-order valence-corrected chi connectivity index (χ4v) is 1.73. The Labute approximate surface area is 78.0 Å². The molecule has 1 amide bonds. The summed E-state index contributed by atoms with van der Waals surface area (Å²) in [4.78, 5) is 13.7. The summed E-state index contributed by atoms with van der Waals surface area (Å²) in [5.41, 5.74) is 5.21. The number of carbonyl (C=O) groups excluding carboxylic acids is 1. The molecular formula is C9H16N2O2. The normalized spacial score (nSPS) is 33.4. The fraction of sp³-hybridized carbons (Fsp3) is 0.889. The smallest absolute Gasteiger partial charge is 0.245 e. The summed E-state index contributed by atoms with van der Waals surface area (Å²) < 4.78 is 5.16. The van der Waals surface area contributed by atoms with Crippen LogP contribution in [0.2, 0.25) is 0 Å². The van der Waals surface area contributed by atoms with Crippen LogP contribution in [0, 0.1) is 0 Å². The van der Waals surface area contributed by atoms with E-state index in [-0.39, 0.29) is 5.91 Å². The molecule has 1 saturated heterocycles. The van der Waals surface area contributed by atoms with Crippen LogP contribution in [0.25, 0.3) is 0 Å². The van der Waals surface area contributed by atoms with Gasteiger partial charge in [-0.1, -0.05) is 0 Å². The zero-order chi connectivity index (χ0) is 9.47.